The monoisotopic (exact) mass is 380 g/mol. The molecule has 0 N–H and O–H groups in total. The Morgan fingerprint density at radius 1 is 0.929 bits per heavy atom. The number of carbonyl (C=O) groups is 2. The topological polar surface area (TPSA) is 49.9 Å². The first-order valence-electron chi connectivity index (χ1n) is 9.93. The summed E-state index contributed by atoms with van der Waals surface area (Å²) < 4.78 is 5.44. The van der Waals surface area contributed by atoms with E-state index in [1.54, 1.807) is 0 Å². The van der Waals surface area contributed by atoms with Gasteiger partial charge >= 0.3 is 0 Å². The van der Waals surface area contributed by atoms with Crippen molar-refractivity contribution in [3.05, 3.63) is 65.2 Å². The van der Waals surface area contributed by atoms with Crippen molar-refractivity contribution >= 4 is 11.8 Å². The van der Waals surface area contributed by atoms with Gasteiger partial charge in [0, 0.05) is 31.7 Å². The van der Waals surface area contributed by atoms with Crippen LogP contribution in [0.2, 0.25) is 0 Å². The fraction of sp³-hybridized carbons (Fsp3) is 0.391. The van der Waals surface area contributed by atoms with E-state index in [2.05, 4.69) is 0 Å². The van der Waals surface area contributed by atoms with Gasteiger partial charge in [-0.05, 0) is 49.6 Å². The first kappa shape index (κ1) is 19.9. The number of amides is 2. The highest BCUT2D eigenvalue weighted by atomic mass is 16.5. The molecule has 3 rings (SSSR count). The largest absolute Gasteiger partial charge is 0.494 e. The minimum absolute atomic E-state index is 0.0545. The Labute approximate surface area is 166 Å². The zero-order valence-corrected chi connectivity index (χ0v) is 16.7. The fourth-order valence-corrected chi connectivity index (χ4v) is 3.51. The van der Waals surface area contributed by atoms with Gasteiger partial charge in [0.1, 0.15) is 5.75 Å². The van der Waals surface area contributed by atoms with E-state index in [4.69, 9.17) is 4.74 Å². The van der Waals surface area contributed by atoms with Crippen LogP contribution >= 0.6 is 0 Å². The van der Waals surface area contributed by atoms with E-state index in [1.807, 2.05) is 72.2 Å². The third kappa shape index (κ3) is 4.91. The van der Waals surface area contributed by atoms with Crippen LogP contribution in [-0.2, 0) is 11.2 Å². The number of nitrogens with zero attached hydrogens (tertiary/aromatic N) is 2. The average molecular weight is 380 g/mol. The minimum Gasteiger partial charge on any atom is -0.494 e. The number of aryl methyl sites for hydroxylation is 1. The maximum Gasteiger partial charge on any atom is 0.254 e. The zero-order valence-electron chi connectivity index (χ0n) is 16.7. The van der Waals surface area contributed by atoms with E-state index < -0.39 is 0 Å². The van der Waals surface area contributed by atoms with Crippen LogP contribution < -0.4 is 4.74 Å². The summed E-state index contributed by atoms with van der Waals surface area (Å²) in [4.78, 5) is 29.3. The standard InChI is InChI=1S/C23H28N2O3/c1-3-28-20-11-9-19(10-12-20)17-22(26)24-13-6-14-25(16-15-24)23(27)21-8-5-4-7-18(21)2/h4-5,7-12H,3,6,13-17H2,1-2H3. The summed E-state index contributed by atoms with van der Waals surface area (Å²) in [5.74, 6) is 0.979. The predicted molar refractivity (Wildman–Crippen MR) is 110 cm³/mol. The molecule has 0 bridgehead atoms. The van der Waals surface area contributed by atoms with Gasteiger partial charge in [0.2, 0.25) is 5.91 Å². The second-order valence-corrected chi connectivity index (χ2v) is 7.10. The lowest BCUT2D eigenvalue weighted by atomic mass is 10.1. The van der Waals surface area contributed by atoms with E-state index in [0.29, 0.717) is 39.2 Å². The molecule has 2 aromatic carbocycles. The molecule has 5 heteroatoms. The molecule has 1 aliphatic heterocycles. The van der Waals surface area contributed by atoms with Gasteiger partial charge in [-0.15, -0.1) is 0 Å². The average Bonchev–Trinajstić information content (AvgIpc) is 2.96. The van der Waals surface area contributed by atoms with Crippen LogP contribution in [0.5, 0.6) is 5.75 Å². The maximum atomic E-state index is 12.8. The molecule has 1 aliphatic rings. The van der Waals surface area contributed by atoms with Crippen molar-refractivity contribution in [3.63, 3.8) is 0 Å². The van der Waals surface area contributed by atoms with Gasteiger partial charge < -0.3 is 14.5 Å². The van der Waals surface area contributed by atoms with Crippen molar-refractivity contribution in [2.45, 2.75) is 26.7 Å². The van der Waals surface area contributed by atoms with Gasteiger partial charge in [-0.2, -0.15) is 0 Å². The molecule has 1 fully saturated rings. The summed E-state index contributed by atoms with van der Waals surface area (Å²) in [6, 6.07) is 15.3. The predicted octanol–water partition coefficient (Wildman–Crippen LogP) is 3.31. The van der Waals surface area contributed by atoms with E-state index in [9.17, 15) is 9.59 Å². The quantitative estimate of drug-likeness (QED) is 0.800. The number of rotatable bonds is 5. The molecule has 2 amide bonds. The number of hydrogen-bond donors (Lipinski definition) is 0. The second-order valence-electron chi connectivity index (χ2n) is 7.10. The van der Waals surface area contributed by atoms with Crippen LogP contribution in [-0.4, -0.2) is 54.4 Å². The lowest BCUT2D eigenvalue weighted by molar-refractivity contribution is -0.130. The third-order valence-electron chi connectivity index (χ3n) is 5.10. The summed E-state index contributed by atoms with van der Waals surface area (Å²) in [5, 5.41) is 0. The minimum atomic E-state index is 0.0545. The summed E-state index contributed by atoms with van der Waals surface area (Å²) in [6.07, 6.45) is 1.17. The zero-order chi connectivity index (χ0) is 19.9. The molecule has 148 valence electrons. The molecule has 5 nitrogen and oxygen atoms in total. The lowest BCUT2D eigenvalue weighted by Crippen LogP contribution is -2.38. The van der Waals surface area contributed by atoms with Gasteiger partial charge in [-0.3, -0.25) is 9.59 Å². The van der Waals surface area contributed by atoms with Crippen LogP contribution in [0.3, 0.4) is 0 Å². The third-order valence-corrected chi connectivity index (χ3v) is 5.10. The van der Waals surface area contributed by atoms with E-state index in [1.165, 1.54) is 0 Å². The van der Waals surface area contributed by atoms with Crippen LogP contribution in [0, 0.1) is 6.92 Å². The first-order valence-corrected chi connectivity index (χ1v) is 9.93. The molecular formula is C23H28N2O3. The van der Waals surface area contributed by atoms with Crippen LogP contribution in [0.15, 0.2) is 48.5 Å². The van der Waals surface area contributed by atoms with Crippen molar-refractivity contribution in [1.29, 1.82) is 0 Å². The van der Waals surface area contributed by atoms with Crippen molar-refractivity contribution < 1.29 is 14.3 Å². The Kier molecular flexibility index (Phi) is 6.69. The molecule has 0 unspecified atom stereocenters. The van der Waals surface area contributed by atoms with Gasteiger partial charge in [-0.1, -0.05) is 30.3 Å². The highest BCUT2D eigenvalue weighted by Gasteiger charge is 2.23. The molecule has 0 aromatic heterocycles. The molecular weight excluding hydrogens is 352 g/mol. The van der Waals surface area contributed by atoms with E-state index >= 15 is 0 Å². The molecule has 0 spiro atoms. The molecule has 1 saturated heterocycles. The Hall–Kier alpha value is -2.82. The Balaban J connectivity index is 1.57. The highest BCUT2D eigenvalue weighted by Crippen LogP contribution is 2.15. The van der Waals surface area contributed by atoms with Crippen LogP contribution in [0.4, 0.5) is 0 Å². The molecule has 0 radical (unpaired) electrons. The van der Waals surface area contributed by atoms with Crippen molar-refractivity contribution in [2.75, 3.05) is 32.8 Å². The first-order chi connectivity index (χ1) is 13.6. The molecule has 1 heterocycles. The highest BCUT2D eigenvalue weighted by molar-refractivity contribution is 5.95. The van der Waals surface area contributed by atoms with Crippen molar-refractivity contribution in [1.82, 2.24) is 9.80 Å². The van der Waals surface area contributed by atoms with Crippen molar-refractivity contribution in [3.8, 4) is 5.75 Å². The van der Waals surface area contributed by atoms with Crippen LogP contribution in [0.25, 0.3) is 0 Å². The molecule has 2 aromatic rings. The molecule has 0 atom stereocenters. The number of hydrogen-bond acceptors (Lipinski definition) is 3. The van der Waals surface area contributed by atoms with Crippen molar-refractivity contribution in [2.24, 2.45) is 0 Å². The Bertz CT molecular complexity index is 817. The van der Waals surface area contributed by atoms with E-state index in [0.717, 1.165) is 28.9 Å². The maximum absolute atomic E-state index is 12.8. The second kappa shape index (κ2) is 9.40. The van der Waals surface area contributed by atoms with Gasteiger partial charge in [-0.25, -0.2) is 0 Å². The smallest absolute Gasteiger partial charge is 0.254 e. The summed E-state index contributed by atoms with van der Waals surface area (Å²) in [7, 11) is 0. The SMILES string of the molecule is CCOc1ccc(CC(=O)N2CCCN(C(=O)c3ccccc3C)CC2)cc1. The summed E-state index contributed by atoms with van der Waals surface area (Å²) in [5.41, 5.74) is 2.71. The summed E-state index contributed by atoms with van der Waals surface area (Å²) in [6.45, 7) is 7.05. The van der Waals surface area contributed by atoms with Gasteiger partial charge in [0.25, 0.3) is 5.91 Å². The molecule has 28 heavy (non-hydrogen) atoms. The number of benzene rings is 2. The van der Waals surface area contributed by atoms with Crippen LogP contribution in [0.1, 0.15) is 34.8 Å². The van der Waals surface area contributed by atoms with E-state index in [-0.39, 0.29) is 11.8 Å². The normalized spacial score (nSPS) is 14.5. The Morgan fingerprint density at radius 3 is 2.32 bits per heavy atom. The summed E-state index contributed by atoms with van der Waals surface area (Å²) >= 11 is 0. The van der Waals surface area contributed by atoms with Gasteiger partial charge in [0.05, 0.1) is 13.0 Å². The van der Waals surface area contributed by atoms with Gasteiger partial charge in [0.15, 0.2) is 0 Å². The fourth-order valence-electron chi connectivity index (χ4n) is 3.51. The number of carbonyl (C=O) groups excluding carboxylic acids is 2. The molecule has 0 saturated carbocycles. The lowest BCUT2D eigenvalue weighted by Gasteiger charge is -2.23. The Morgan fingerprint density at radius 2 is 1.61 bits per heavy atom. The number of ether oxygens (including phenoxy) is 1. The molecule has 0 aliphatic carbocycles.